The van der Waals surface area contributed by atoms with Crippen LogP contribution in [0.3, 0.4) is 0 Å². The molecular formula is C16H13Cl2FN2O3. The van der Waals surface area contributed by atoms with Crippen LogP contribution in [-0.2, 0) is 4.79 Å². The van der Waals surface area contributed by atoms with Crippen LogP contribution in [0.4, 0.5) is 10.1 Å². The Kier molecular flexibility index (Phi) is 6.00. The van der Waals surface area contributed by atoms with Gasteiger partial charge in [0.25, 0.3) is 5.91 Å². The van der Waals surface area contributed by atoms with Gasteiger partial charge in [-0.15, -0.1) is 0 Å². The smallest absolute Gasteiger partial charge is 0.251 e. The second-order valence-corrected chi connectivity index (χ2v) is 5.52. The van der Waals surface area contributed by atoms with Crippen molar-refractivity contribution in [3.05, 3.63) is 57.8 Å². The third-order valence-electron chi connectivity index (χ3n) is 3.03. The molecule has 2 aromatic carbocycles. The molecule has 0 heterocycles. The molecule has 0 aliphatic rings. The van der Waals surface area contributed by atoms with E-state index in [0.717, 1.165) is 6.07 Å². The number of carbonyl (C=O) groups excluding carboxylic acids is 2. The second-order valence-electron chi connectivity index (χ2n) is 4.71. The second kappa shape index (κ2) is 7.99. The van der Waals surface area contributed by atoms with Crippen molar-refractivity contribution in [2.24, 2.45) is 0 Å². The lowest BCUT2D eigenvalue weighted by Crippen LogP contribution is -2.32. The summed E-state index contributed by atoms with van der Waals surface area (Å²) in [7, 11) is 1.34. The van der Waals surface area contributed by atoms with E-state index in [1.165, 1.54) is 37.4 Å². The Bertz CT molecular complexity index is 784. The molecule has 0 atom stereocenters. The minimum absolute atomic E-state index is 0.0703. The average Bonchev–Trinajstić information content (AvgIpc) is 2.55. The molecule has 2 N–H and O–H groups in total. The van der Waals surface area contributed by atoms with E-state index < -0.39 is 17.6 Å². The summed E-state index contributed by atoms with van der Waals surface area (Å²) in [6.45, 7) is -0.285. The molecule has 0 radical (unpaired) electrons. The molecule has 126 valence electrons. The van der Waals surface area contributed by atoms with Crippen LogP contribution in [0.25, 0.3) is 0 Å². The molecule has 2 amide bonds. The molecule has 0 aliphatic carbocycles. The Morgan fingerprint density at radius 1 is 1.12 bits per heavy atom. The van der Waals surface area contributed by atoms with Crippen molar-refractivity contribution >= 4 is 40.7 Å². The molecule has 0 bridgehead atoms. The molecule has 0 unspecified atom stereocenters. The largest absolute Gasteiger partial charge is 0.494 e. The maximum absolute atomic E-state index is 13.5. The van der Waals surface area contributed by atoms with Gasteiger partial charge in [0, 0.05) is 17.3 Å². The Balaban J connectivity index is 1.91. The summed E-state index contributed by atoms with van der Waals surface area (Å²) in [5.41, 5.74) is 0.523. The van der Waals surface area contributed by atoms with Gasteiger partial charge < -0.3 is 15.4 Å². The highest BCUT2D eigenvalue weighted by atomic mass is 35.5. The first-order valence-electron chi connectivity index (χ1n) is 6.77. The molecule has 8 heteroatoms. The molecule has 0 fully saturated rings. The number of hydrogen-bond acceptors (Lipinski definition) is 3. The molecule has 2 aromatic rings. The number of nitrogens with one attached hydrogen (secondary N) is 2. The van der Waals surface area contributed by atoms with Crippen molar-refractivity contribution in [2.75, 3.05) is 19.0 Å². The van der Waals surface area contributed by atoms with Crippen LogP contribution in [0.5, 0.6) is 5.75 Å². The molecule has 2 rings (SSSR count). The number of anilines is 1. The lowest BCUT2D eigenvalue weighted by atomic mass is 10.2. The van der Waals surface area contributed by atoms with Gasteiger partial charge in [-0.1, -0.05) is 23.2 Å². The van der Waals surface area contributed by atoms with Crippen molar-refractivity contribution in [3.63, 3.8) is 0 Å². The number of methoxy groups -OCH3 is 1. The first-order valence-corrected chi connectivity index (χ1v) is 7.53. The SMILES string of the molecule is COc1ccc(NC(=O)CNC(=O)c2ccc(Cl)c(Cl)c2)cc1F. The number of amides is 2. The maximum atomic E-state index is 13.5. The maximum Gasteiger partial charge on any atom is 0.251 e. The van der Waals surface area contributed by atoms with Gasteiger partial charge in [-0.25, -0.2) is 4.39 Å². The molecule has 0 aromatic heterocycles. The predicted molar refractivity (Wildman–Crippen MR) is 90.4 cm³/mol. The molecular weight excluding hydrogens is 358 g/mol. The third kappa shape index (κ3) is 4.59. The van der Waals surface area contributed by atoms with E-state index in [0.29, 0.717) is 5.02 Å². The van der Waals surface area contributed by atoms with Crippen molar-refractivity contribution in [1.29, 1.82) is 0 Å². The van der Waals surface area contributed by atoms with Crippen molar-refractivity contribution < 1.29 is 18.7 Å². The van der Waals surface area contributed by atoms with Crippen LogP contribution in [0, 0.1) is 5.82 Å². The van der Waals surface area contributed by atoms with Gasteiger partial charge in [0.1, 0.15) is 0 Å². The fourth-order valence-electron chi connectivity index (χ4n) is 1.85. The fourth-order valence-corrected chi connectivity index (χ4v) is 2.15. The highest BCUT2D eigenvalue weighted by Crippen LogP contribution is 2.22. The van der Waals surface area contributed by atoms with Crippen LogP contribution < -0.4 is 15.4 Å². The van der Waals surface area contributed by atoms with E-state index >= 15 is 0 Å². The van der Waals surface area contributed by atoms with Crippen molar-refractivity contribution in [3.8, 4) is 5.75 Å². The standard InChI is InChI=1S/C16H13Cl2FN2O3/c1-24-14-5-3-10(7-13(14)19)21-15(22)8-20-16(23)9-2-4-11(17)12(18)6-9/h2-7H,8H2,1H3,(H,20,23)(H,21,22). The Hall–Kier alpha value is -2.31. The van der Waals surface area contributed by atoms with E-state index in [1.54, 1.807) is 0 Å². The first-order chi connectivity index (χ1) is 11.4. The summed E-state index contributed by atoms with van der Waals surface area (Å²) < 4.78 is 18.3. The quantitative estimate of drug-likeness (QED) is 0.845. The van der Waals surface area contributed by atoms with Gasteiger partial charge in [-0.2, -0.15) is 0 Å². The van der Waals surface area contributed by atoms with E-state index in [2.05, 4.69) is 10.6 Å². The zero-order valence-electron chi connectivity index (χ0n) is 12.5. The Morgan fingerprint density at radius 2 is 1.88 bits per heavy atom. The fraction of sp³-hybridized carbons (Fsp3) is 0.125. The first kappa shape index (κ1) is 18.0. The van der Waals surface area contributed by atoms with E-state index in [-0.39, 0.29) is 28.6 Å². The number of hydrogen-bond donors (Lipinski definition) is 2. The lowest BCUT2D eigenvalue weighted by Gasteiger charge is -2.09. The number of carbonyl (C=O) groups is 2. The van der Waals surface area contributed by atoms with Gasteiger partial charge in [0.2, 0.25) is 5.91 Å². The van der Waals surface area contributed by atoms with Crippen LogP contribution in [-0.4, -0.2) is 25.5 Å². The minimum atomic E-state index is -0.602. The molecule has 0 aliphatic heterocycles. The van der Waals surface area contributed by atoms with Gasteiger partial charge in [0.05, 0.1) is 23.7 Å². The molecule has 5 nitrogen and oxygen atoms in total. The summed E-state index contributed by atoms with van der Waals surface area (Å²) in [6.07, 6.45) is 0. The monoisotopic (exact) mass is 370 g/mol. The molecule has 0 spiro atoms. The number of benzene rings is 2. The van der Waals surface area contributed by atoms with Crippen molar-refractivity contribution in [1.82, 2.24) is 5.32 Å². The van der Waals surface area contributed by atoms with E-state index in [9.17, 15) is 14.0 Å². The Morgan fingerprint density at radius 3 is 2.50 bits per heavy atom. The summed E-state index contributed by atoms with van der Waals surface area (Å²) in [5, 5.41) is 5.46. The zero-order valence-corrected chi connectivity index (χ0v) is 14.0. The van der Waals surface area contributed by atoms with Crippen LogP contribution >= 0.6 is 23.2 Å². The zero-order chi connectivity index (χ0) is 17.7. The number of ether oxygens (including phenoxy) is 1. The van der Waals surface area contributed by atoms with E-state index in [1.807, 2.05) is 0 Å². The van der Waals surface area contributed by atoms with Crippen LogP contribution in [0.1, 0.15) is 10.4 Å². The summed E-state index contributed by atoms with van der Waals surface area (Å²) in [6, 6.07) is 8.37. The third-order valence-corrected chi connectivity index (χ3v) is 3.77. The normalized spacial score (nSPS) is 10.2. The highest BCUT2D eigenvalue weighted by Gasteiger charge is 2.11. The summed E-state index contributed by atoms with van der Waals surface area (Å²) in [4.78, 5) is 23.7. The van der Waals surface area contributed by atoms with Crippen LogP contribution in [0.2, 0.25) is 10.0 Å². The lowest BCUT2D eigenvalue weighted by molar-refractivity contribution is -0.115. The Labute approximate surface area is 147 Å². The minimum Gasteiger partial charge on any atom is -0.494 e. The van der Waals surface area contributed by atoms with Gasteiger partial charge in [-0.3, -0.25) is 9.59 Å². The topological polar surface area (TPSA) is 67.4 Å². The van der Waals surface area contributed by atoms with Gasteiger partial charge in [-0.05, 0) is 30.3 Å². The average molecular weight is 371 g/mol. The van der Waals surface area contributed by atoms with Gasteiger partial charge >= 0.3 is 0 Å². The number of halogens is 3. The predicted octanol–water partition coefficient (Wildman–Crippen LogP) is 3.51. The van der Waals surface area contributed by atoms with E-state index in [4.69, 9.17) is 27.9 Å². The summed E-state index contributed by atoms with van der Waals surface area (Å²) in [5.74, 6) is -1.52. The van der Waals surface area contributed by atoms with Gasteiger partial charge in [0.15, 0.2) is 11.6 Å². The molecule has 0 saturated heterocycles. The van der Waals surface area contributed by atoms with Crippen LogP contribution in [0.15, 0.2) is 36.4 Å². The van der Waals surface area contributed by atoms with Crippen molar-refractivity contribution in [2.45, 2.75) is 0 Å². The molecule has 24 heavy (non-hydrogen) atoms. The molecule has 0 saturated carbocycles. The highest BCUT2D eigenvalue weighted by molar-refractivity contribution is 6.42. The number of rotatable bonds is 5. The summed E-state index contributed by atoms with van der Waals surface area (Å²) >= 11 is 11.6.